The van der Waals surface area contributed by atoms with Crippen LogP contribution in [0.25, 0.3) is 0 Å². The lowest BCUT2D eigenvalue weighted by Crippen LogP contribution is -2.08. The van der Waals surface area contributed by atoms with E-state index in [9.17, 15) is 13.0 Å². The van der Waals surface area contributed by atoms with Crippen molar-refractivity contribution >= 4 is 22.6 Å². The van der Waals surface area contributed by atoms with E-state index < -0.39 is 22.6 Å². The van der Waals surface area contributed by atoms with Gasteiger partial charge >= 0.3 is 0 Å². The maximum Gasteiger partial charge on any atom is 0.244 e. The molecule has 0 aromatic rings. The Balaban J connectivity index is 3.32. The molecule has 0 aliphatic rings. The molecule has 0 heterocycles. The van der Waals surface area contributed by atoms with Crippen LogP contribution in [0.2, 0.25) is 0 Å². The highest BCUT2D eigenvalue weighted by Crippen LogP contribution is 1.76. The van der Waals surface area contributed by atoms with Crippen molar-refractivity contribution in [1.29, 1.82) is 0 Å². The Bertz CT molecular complexity index is 85.9. The minimum Gasteiger partial charge on any atom is -0.749 e. The van der Waals surface area contributed by atoms with Gasteiger partial charge in [0.25, 0.3) is 0 Å². The summed E-state index contributed by atoms with van der Waals surface area (Å²) in [5.41, 5.74) is 0. The van der Waals surface area contributed by atoms with Crippen molar-refractivity contribution < 1.29 is 16.6 Å². The Morgan fingerprint density at radius 2 is 2.00 bits per heavy atom. The highest BCUT2D eigenvalue weighted by atomic mass is 32.3. The molecule has 0 amide bonds. The molecular formula is H2NO4S2-. The van der Waals surface area contributed by atoms with Gasteiger partial charge in [-0.25, -0.2) is 13.6 Å². The summed E-state index contributed by atoms with van der Waals surface area (Å²) >= 11 is -4.98. The fraction of sp³-hybridized carbons (Fsp3) is 0. The van der Waals surface area contributed by atoms with Gasteiger partial charge in [-0.1, -0.05) is 0 Å². The van der Waals surface area contributed by atoms with Gasteiger partial charge in [-0.15, -0.1) is 0 Å². The first kappa shape index (κ1) is 7.18. The van der Waals surface area contributed by atoms with Crippen molar-refractivity contribution in [3.05, 3.63) is 0 Å². The molecule has 2 unspecified atom stereocenters. The molecule has 7 heteroatoms. The van der Waals surface area contributed by atoms with Crippen molar-refractivity contribution in [2.24, 2.45) is 5.14 Å². The Kier molecular flexibility index (Phi) is 3.30. The van der Waals surface area contributed by atoms with Crippen molar-refractivity contribution in [2.75, 3.05) is 0 Å². The molecule has 0 aliphatic carbocycles. The lowest BCUT2D eigenvalue weighted by molar-refractivity contribution is 0.452. The van der Waals surface area contributed by atoms with E-state index >= 15 is 0 Å². The summed E-state index contributed by atoms with van der Waals surface area (Å²) in [4.78, 5) is 0. The number of hydrogen-bond acceptors (Lipinski definition) is 4. The van der Waals surface area contributed by atoms with E-state index in [4.69, 9.17) is 0 Å². The third-order valence-electron chi connectivity index (χ3n) is 0.123. The summed E-state index contributed by atoms with van der Waals surface area (Å²) in [5, 5.41) is 4.35. The van der Waals surface area contributed by atoms with Crippen LogP contribution in [0.4, 0.5) is 0 Å². The smallest absolute Gasteiger partial charge is 0.244 e. The Labute approximate surface area is 45.1 Å². The third kappa shape index (κ3) is 6.18. The SMILES string of the molecule is NS(=O)OS(=O)[O-]. The van der Waals surface area contributed by atoms with E-state index in [1.165, 1.54) is 0 Å². The summed E-state index contributed by atoms with van der Waals surface area (Å²) in [6, 6.07) is 0. The molecule has 44 valence electrons. The topological polar surface area (TPSA) is 92.5 Å². The van der Waals surface area contributed by atoms with Crippen LogP contribution in [0.3, 0.4) is 0 Å². The van der Waals surface area contributed by atoms with Gasteiger partial charge < -0.3 is 4.55 Å². The molecule has 7 heavy (non-hydrogen) atoms. The molecule has 0 saturated heterocycles. The zero-order valence-electron chi connectivity index (χ0n) is 3.03. The van der Waals surface area contributed by atoms with Crippen LogP contribution in [0, 0.1) is 0 Å². The van der Waals surface area contributed by atoms with Crippen LogP contribution in [0.5, 0.6) is 0 Å². The molecule has 0 aliphatic heterocycles. The standard InChI is InChI=1S/H3NO4S2/c1-6(2)5-7(3)4/h1H2,(H,3,4)/p-1. The van der Waals surface area contributed by atoms with E-state index in [-0.39, 0.29) is 0 Å². The zero-order valence-corrected chi connectivity index (χ0v) is 4.66. The fourth-order valence-electron chi connectivity index (χ4n) is 0.0548. The normalized spacial score (nSPS) is 18.6. The average Bonchev–Trinajstić information content (AvgIpc) is 1.27. The van der Waals surface area contributed by atoms with Crippen LogP contribution in [-0.2, 0) is 26.3 Å². The minimum absolute atomic E-state index is 2.21. The largest absolute Gasteiger partial charge is 0.749 e. The second-order valence-corrected chi connectivity index (χ2v) is 2.01. The van der Waals surface area contributed by atoms with Gasteiger partial charge in [-0.3, -0.25) is 0 Å². The molecule has 0 fully saturated rings. The van der Waals surface area contributed by atoms with Crippen molar-refractivity contribution in [3.63, 3.8) is 0 Å². The van der Waals surface area contributed by atoms with Gasteiger partial charge in [0.2, 0.25) is 11.3 Å². The van der Waals surface area contributed by atoms with Crippen LogP contribution < -0.4 is 5.14 Å². The first-order chi connectivity index (χ1) is 3.13. The lowest BCUT2D eigenvalue weighted by atomic mass is 13.9. The Morgan fingerprint density at radius 1 is 1.57 bits per heavy atom. The maximum absolute atomic E-state index is 9.53. The van der Waals surface area contributed by atoms with Crippen LogP contribution >= 0.6 is 0 Å². The van der Waals surface area contributed by atoms with Gasteiger partial charge in [0.1, 0.15) is 11.4 Å². The Morgan fingerprint density at radius 3 is 2.00 bits per heavy atom. The molecule has 2 atom stereocenters. The van der Waals surface area contributed by atoms with Crippen LogP contribution in [0.15, 0.2) is 0 Å². The summed E-state index contributed by atoms with van der Waals surface area (Å²) in [5.74, 6) is 0. The van der Waals surface area contributed by atoms with Gasteiger partial charge in [-0.05, 0) is 0 Å². The maximum atomic E-state index is 9.53. The van der Waals surface area contributed by atoms with E-state index in [1.54, 1.807) is 0 Å². The number of hydrogen-bond donors (Lipinski definition) is 1. The summed E-state index contributed by atoms with van der Waals surface area (Å²) in [6.07, 6.45) is 0. The molecule has 0 aromatic heterocycles. The van der Waals surface area contributed by atoms with Gasteiger partial charge in [0, 0.05) is 0 Å². The van der Waals surface area contributed by atoms with Gasteiger partial charge in [0.15, 0.2) is 0 Å². The molecule has 5 nitrogen and oxygen atoms in total. The predicted molar refractivity (Wildman–Crippen MR) is 22.3 cm³/mol. The second-order valence-electron chi connectivity index (χ2n) is 0.533. The van der Waals surface area contributed by atoms with Crippen molar-refractivity contribution in [1.82, 2.24) is 0 Å². The minimum atomic E-state index is -2.77. The van der Waals surface area contributed by atoms with Crippen molar-refractivity contribution in [2.45, 2.75) is 0 Å². The predicted octanol–water partition coefficient (Wildman–Crippen LogP) is -1.67. The molecule has 0 saturated carbocycles. The first-order valence-corrected chi connectivity index (χ1v) is 3.21. The van der Waals surface area contributed by atoms with E-state index in [1.807, 2.05) is 0 Å². The molecule has 0 rings (SSSR count). The first-order valence-electron chi connectivity index (χ1n) is 1.07. The summed E-state index contributed by atoms with van der Waals surface area (Å²) in [6.45, 7) is 0. The summed E-state index contributed by atoms with van der Waals surface area (Å²) < 4.78 is 31.6. The van der Waals surface area contributed by atoms with Crippen LogP contribution in [-0.4, -0.2) is 13.0 Å². The quantitative estimate of drug-likeness (QED) is 0.469. The van der Waals surface area contributed by atoms with E-state index in [0.29, 0.717) is 0 Å². The van der Waals surface area contributed by atoms with Gasteiger partial charge in [0.05, 0.1) is 0 Å². The number of nitrogens with two attached hydrogens (primary N) is 1. The van der Waals surface area contributed by atoms with E-state index in [0.717, 1.165) is 0 Å². The zero-order chi connectivity index (χ0) is 5.86. The Hall–Kier alpha value is 0.180. The molecule has 2 N–H and O–H groups in total. The molecular weight excluding hydrogens is 142 g/mol. The highest BCUT2D eigenvalue weighted by molar-refractivity contribution is 7.89. The highest BCUT2D eigenvalue weighted by Gasteiger charge is 1.85. The number of rotatable bonds is 2. The van der Waals surface area contributed by atoms with Crippen molar-refractivity contribution in [3.8, 4) is 0 Å². The third-order valence-corrected chi connectivity index (χ3v) is 1.10. The average molecular weight is 144 g/mol. The lowest BCUT2D eigenvalue weighted by Gasteiger charge is -1.97. The summed E-state index contributed by atoms with van der Waals surface area (Å²) in [7, 11) is 0. The van der Waals surface area contributed by atoms with Gasteiger partial charge in [-0.2, -0.15) is 3.63 Å². The van der Waals surface area contributed by atoms with E-state index in [2.05, 4.69) is 8.77 Å². The molecule has 0 spiro atoms. The molecule has 0 bridgehead atoms. The monoisotopic (exact) mass is 144 g/mol. The molecule has 0 radical (unpaired) electrons. The second kappa shape index (κ2) is 3.22. The van der Waals surface area contributed by atoms with Crippen LogP contribution in [0.1, 0.15) is 0 Å². The molecule has 0 aromatic carbocycles. The fourth-order valence-corrected chi connectivity index (χ4v) is 0.493.